The maximum Gasteiger partial charge on any atom is 0.0574 e. The SMILES string of the molecule is [CH]C#CCNC. The van der Waals surface area contributed by atoms with Crippen molar-refractivity contribution >= 4 is 0 Å². The quantitative estimate of drug-likeness (QED) is 0.435. The highest BCUT2D eigenvalue weighted by atomic mass is 14.8. The van der Waals surface area contributed by atoms with E-state index in [2.05, 4.69) is 17.2 Å². The molecule has 0 saturated carbocycles. The molecule has 0 aliphatic carbocycles. The molecule has 0 unspecified atom stereocenters. The van der Waals surface area contributed by atoms with Gasteiger partial charge in [0.05, 0.1) is 13.5 Å². The van der Waals surface area contributed by atoms with Crippen molar-refractivity contribution < 1.29 is 0 Å². The molecule has 0 aliphatic heterocycles. The van der Waals surface area contributed by atoms with E-state index in [1.807, 2.05) is 7.05 Å². The van der Waals surface area contributed by atoms with Crippen LogP contribution in [0.3, 0.4) is 0 Å². The van der Waals surface area contributed by atoms with Crippen LogP contribution in [-0.4, -0.2) is 13.6 Å². The predicted octanol–water partition coefficient (Wildman–Crippen LogP) is -0.0797. The second-order valence-corrected chi connectivity index (χ2v) is 0.851. The molecule has 0 spiro atoms. The van der Waals surface area contributed by atoms with E-state index in [1.54, 1.807) is 0 Å². The third kappa shape index (κ3) is 3.52. The molecule has 6 heavy (non-hydrogen) atoms. The largest absolute Gasteiger partial charge is 0.309 e. The summed E-state index contributed by atoms with van der Waals surface area (Å²) in [6, 6.07) is 0. The zero-order chi connectivity index (χ0) is 4.83. The van der Waals surface area contributed by atoms with E-state index in [0.29, 0.717) is 6.54 Å². The topological polar surface area (TPSA) is 12.0 Å². The molecular weight excluding hydrogens is 74.1 g/mol. The number of nitrogens with one attached hydrogen (secondary N) is 1. The molecule has 0 rings (SSSR count). The van der Waals surface area contributed by atoms with Gasteiger partial charge in [-0.05, 0) is 7.05 Å². The third-order valence-corrected chi connectivity index (χ3v) is 0.367. The molecule has 0 aromatic heterocycles. The van der Waals surface area contributed by atoms with Crippen molar-refractivity contribution in [1.82, 2.24) is 5.32 Å². The molecule has 0 aromatic carbocycles. The first kappa shape index (κ1) is 5.52. The summed E-state index contributed by atoms with van der Waals surface area (Å²) in [5.74, 6) is 4.87. The molecule has 1 heteroatoms. The minimum absolute atomic E-state index is 0.677. The Hall–Kier alpha value is -0.480. The highest BCUT2D eigenvalue weighted by Crippen LogP contribution is 1.45. The van der Waals surface area contributed by atoms with Crippen molar-refractivity contribution in [2.75, 3.05) is 13.6 Å². The highest BCUT2D eigenvalue weighted by Gasteiger charge is 1.59. The Balaban J connectivity index is 2.79. The van der Waals surface area contributed by atoms with Crippen molar-refractivity contribution in [2.45, 2.75) is 0 Å². The van der Waals surface area contributed by atoms with Crippen LogP contribution in [0.25, 0.3) is 0 Å². The Morgan fingerprint density at radius 2 is 2.50 bits per heavy atom. The minimum atomic E-state index is 0.677. The molecule has 0 aromatic rings. The van der Waals surface area contributed by atoms with Crippen molar-refractivity contribution in [2.24, 2.45) is 0 Å². The van der Waals surface area contributed by atoms with E-state index in [9.17, 15) is 0 Å². The molecule has 1 N–H and O–H groups in total. The van der Waals surface area contributed by atoms with Gasteiger partial charge in [0.1, 0.15) is 0 Å². The minimum Gasteiger partial charge on any atom is -0.309 e. The standard InChI is InChI=1S/C5H7N/c1-3-4-5-6-2/h1,6H,5H2,2H3. The Labute approximate surface area is 38.7 Å². The lowest BCUT2D eigenvalue weighted by Gasteiger charge is -1.77. The van der Waals surface area contributed by atoms with Gasteiger partial charge in [0, 0.05) is 0 Å². The average Bonchev–Trinajstić information content (AvgIpc) is 1.61. The van der Waals surface area contributed by atoms with Gasteiger partial charge in [0.15, 0.2) is 0 Å². The molecule has 0 saturated heterocycles. The zero-order valence-corrected chi connectivity index (χ0v) is 3.78. The molecular formula is C5H7N. The highest BCUT2D eigenvalue weighted by molar-refractivity contribution is 5.02. The smallest absolute Gasteiger partial charge is 0.0574 e. The van der Waals surface area contributed by atoms with E-state index in [4.69, 9.17) is 6.92 Å². The van der Waals surface area contributed by atoms with E-state index in [0.717, 1.165) is 0 Å². The van der Waals surface area contributed by atoms with Gasteiger partial charge in [0.25, 0.3) is 0 Å². The maximum absolute atomic E-state index is 4.81. The number of rotatable bonds is 1. The average molecular weight is 81.1 g/mol. The Kier molecular flexibility index (Phi) is 4.16. The van der Waals surface area contributed by atoms with E-state index in [1.165, 1.54) is 0 Å². The van der Waals surface area contributed by atoms with Crippen LogP contribution in [0.2, 0.25) is 0 Å². The van der Waals surface area contributed by atoms with E-state index < -0.39 is 0 Å². The first-order valence-electron chi connectivity index (χ1n) is 1.75. The molecule has 0 bridgehead atoms. The summed E-state index contributed by atoms with van der Waals surface area (Å²) >= 11 is 0. The van der Waals surface area contributed by atoms with Gasteiger partial charge in [-0.3, -0.25) is 0 Å². The molecule has 2 radical (unpaired) electrons. The first-order chi connectivity index (χ1) is 2.91. The lowest BCUT2D eigenvalue weighted by atomic mass is 10.6. The molecule has 1 nitrogen and oxygen atoms in total. The van der Waals surface area contributed by atoms with Gasteiger partial charge < -0.3 is 5.32 Å². The number of hydrogen-bond acceptors (Lipinski definition) is 1. The normalized spacial score (nSPS) is 6.33. The van der Waals surface area contributed by atoms with E-state index >= 15 is 0 Å². The van der Waals surface area contributed by atoms with Crippen LogP contribution in [0, 0.1) is 18.8 Å². The van der Waals surface area contributed by atoms with Crippen LogP contribution in [0.15, 0.2) is 0 Å². The van der Waals surface area contributed by atoms with E-state index in [-0.39, 0.29) is 0 Å². The Morgan fingerprint density at radius 3 is 2.67 bits per heavy atom. The van der Waals surface area contributed by atoms with Crippen LogP contribution in [0.4, 0.5) is 0 Å². The van der Waals surface area contributed by atoms with Crippen LogP contribution in [0.5, 0.6) is 0 Å². The fourth-order valence-corrected chi connectivity index (χ4v) is 0.139. The molecule has 0 atom stereocenters. The van der Waals surface area contributed by atoms with Crippen LogP contribution in [-0.2, 0) is 0 Å². The van der Waals surface area contributed by atoms with Crippen LogP contribution >= 0.6 is 0 Å². The predicted molar refractivity (Wildman–Crippen MR) is 26.0 cm³/mol. The van der Waals surface area contributed by atoms with Crippen molar-refractivity contribution in [3.63, 3.8) is 0 Å². The Bertz CT molecular complexity index is 65.7. The summed E-state index contributed by atoms with van der Waals surface area (Å²) in [4.78, 5) is 0. The molecule has 0 amide bonds. The third-order valence-electron chi connectivity index (χ3n) is 0.367. The monoisotopic (exact) mass is 81.1 g/mol. The van der Waals surface area contributed by atoms with Gasteiger partial charge >= 0.3 is 0 Å². The number of hydrogen-bond donors (Lipinski definition) is 1. The second-order valence-electron chi connectivity index (χ2n) is 0.851. The molecule has 32 valence electrons. The second kappa shape index (κ2) is 4.52. The van der Waals surface area contributed by atoms with Crippen molar-refractivity contribution in [3.05, 3.63) is 6.92 Å². The lowest BCUT2D eigenvalue weighted by molar-refractivity contribution is 0.938. The molecule has 0 heterocycles. The van der Waals surface area contributed by atoms with Gasteiger partial charge in [-0.1, -0.05) is 11.8 Å². The fourth-order valence-electron chi connectivity index (χ4n) is 0.139. The summed E-state index contributed by atoms with van der Waals surface area (Å²) < 4.78 is 0. The van der Waals surface area contributed by atoms with Gasteiger partial charge in [-0.15, -0.1) is 0 Å². The van der Waals surface area contributed by atoms with Crippen LogP contribution in [0.1, 0.15) is 0 Å². The summed E-state index contributed by atoms with van der Waals surface area (Å²) in [5.41, 5.74) is 0. The van der Waals surface area contributed by atoms with Gasteiger partial charge in [-0.25, -0.2) is 0 Å². The summed E-state index contributed by atoms with van der Waals surface area (Å²) in [7, 11) is 1.82. The lowest BCUT2D eigenvalue weighted by Crippen LogP contribution is -2.03. The maximum atomic E-state index is 4.81. The van der Waals surface area contributed by atoms with Crippen molar-refractivity contribution in [3.8, 4) is 11.8 Å². The van der Waals surface area contributed by atoms with Crippen LogP contribution < -0.4 is 5.32 Å². The summed E-state index contributed by atoms with van der Waals surface area (Å²) in [6.45, 7) is 5.49. The molecule has 0 fully saturated rings. The van der Waals surface area contributed by atoms with Crippen molar-refractivity contribution in [1.29, 1.82) is 0 Å². The van der Waals surface area contributed by atoms with Gasteiger partial charge in [0.2, 0.25) is 0 Å². The van der Waals surface area contributed by atoms with Gasteiger partial charge in [-0.2, -0.15) is 0 Å². The summed E-state index contributed by atoms with van der Waals surface area (Å²) in [6.07, 6.45) is 0. The molecule has 0 aliphatic rings. The summed E-state index contributed by atoms with van der Waals surface area (Å²) in [5, 5.41) is 2.82. The Morgan fingerprint density at radius 1 is 1.83 bits per heavy atom. The first-order valence-corrected chi connectivity index (χ1v) is 1.75. The zero-order valence-electron chi connectivity index (χ0n) is 3.78. The fraction of sp³-hybridized carbons (Fsp3) is 0.400.